The molecular weight excluding hydrogens is 333 g/mol. The zero-order chi connectivity index (χ0) is 17.7. The number of fused-ring (bicyclic) bond motifs is 2. The molecule has 3 aromatic rings. The van der Waals surface area contributed by atoms with E-state index >= 15 is 0 Å². The Hall–Kier alpha value is -2.54. The van der Waals surface area contributed by atoms with Crippen LogP contribution in [-0.4, -0.2) is 43.8 Å². The molecule has 134 valence electrons. The summed E-state index contributed by atoms with van der Waals surface area (Å²) in [5, 5.41) is 11.1. The average molecular weight is 353 g/mol. The van der Waals surface area contributed by atoms with Crippen molar-refractivity contribution < 1.29 is 9.50 Å². The maximum Gasteiger partial charge on any atom is 0.142 e. The summed E-state index contributed by atoms with van der Waals surface area (Å²) in [5.41, 5.74) is 0.626. The number of nitrogens with zero attached hydrogens (tertiary/aromatic N) is 5. The van der Waals surface area contributed by atoms with Crippen molar-refractivity contribution in [1.82, 2.24) is 19.5 Å². The maximum absolute atomic E-state index is 14.4. The molecule has 0 bridgehead atoms. The van der Waals surface area contributed by atoms with Crippen LogP contribution < -0.4 is 4.90 Å². The third kappa shape index (κ3) is 2.46. The molecule has 1 saturated heterocycles. The molecule has 2 aliphatic rings. The fourth-order valence-corrected chi connectivity index (χ4v) is 4.66. The van der Waals surface area contributed by atoms with E-state index in [4.69, 9.17) is 0 Å². The Morgan fingerprint density at radius 2 is 1.96 bits per heavy atom. The Kier molecular flexibility index (Phi) is 3.63. The van der Waals surface area contributed by atoms with Gasteiger partial charge in [0, 0.05) is 25.5 Å². The van der Waals surface area contributed by atoms with Crippen LogP contribution in [0.2, 0.25) is 0 Å². The molecule has 0 amide bonds. The Morgan fingerprint density at radius 3 is 2.77 bits per heavy atom. The monoisotopic (exact) mass is 353 g/mol. The van der Waals surface area contributed by atoms with Crippen molar-refractivity contribution in [2.24, 2.45) is 11.8 Å². The molecule has 2 fully saturated rings. The van der Waals surface area contributed by atoms with Crippen molar-refractivity contribution >= 4 is 16.7 Å². The van der Waals surface area contributed by atoms with Gasteiger partial charge in [0.2, 0.25) is 0 Å². The number of rotatable bonds is 2. The third-order valence-corrected chi connectivity index (χ3v) is 5.91. The molecule has 2 aromatic heterocycles. The first kappa shape index (κ1) is 15.7. The molecule has 1 aliphatic heterocycles. The summed E-state index contributed by atoms with van der Waals surface area (Å²) in [7, 11) is 0. The van der Waals surface area contributed by atoms with Crippen LogP contribution in [0.1, 0.15) is 18.9 Å². The first-order valence-electron chi connectivity index (χ1n) is 9.00. The lowest BCUT2D eigenvalue weighted by atomic mass is 9.77. The molecule has 1 N–H and O–H groups in total. The van der Waals surface area contributed by atoms with E-state index in [2.05, 4.69) is 19.9 Å². The number of imidazole rings is 1. The van der Waals surface area contributed by atoms with Crippen LogP contribution in [0.15, 0.2) is 43.2 Å². The number of benzene rings is 1. The fourth-order valence-electron chi connectivity index (χ4n) is 4.66. The van der Waals surface area contributed by atoms with Gasteiger partial charge in [0.25, 0.3) is 0 Å². The van der Waals surface area contributed by atoms with E-state index in [0.29, 0.717) is 28.6 Å². The molecule has 0 unspecified atom stereocenters. The van der Waals surface area contributed by atoms with Gasteiger partial charge >= 0.3 is 0 Å². The van der Waals surface area contributed by atoms with E-state index in [1.54, 1.807) is 18.6 Å². The maximum atomic E-state index is 14.4. The van der Waals surface area contributed by atoms with Gasteiger partial charge in [0.1, 0.15) is 18.0 Å². The minimum absolute atomic E-state index is 0.0533. The van der Waals surface area contributed by atoms with E-state index in [-0.39, 0.29) is 18.0 Å². The Balaban J connectivity index is 1.45. The highest BCUT2D eigenvalue weighted by molar-refractivity contribution is 5.89. The van der Waals surface area contributed by atoms with Gasteiger partial charge in [-0.05, 0) is 36.8 Å². The van der Waals surface area contributed by atoms with Crippen molar-refractivity contribution in [3.63, 3.8) is 0 Å². The normalized spacial score (nSPS) is 28.5. The van der Waals surface area contributed by atoms with Crippen LogP contribution in [0.4, 0.5) is 10.2 Å². The van der Waals surface area contributed by atoms with Gasteiger partial charge in [-0.3, -0.25) is 0 Å². The lowest BCUT2D eigenvalue weighted by molar-refractivity contribution is 0.0358. The predicted molar refractivity (Wildman–Crippen MR) is 95.2 cm³/mol. The molecule has 7 heteroatoms. The van der Waals surface area contributed by atoms with Crippen molar-refractivity contribution in [2.75, 3.05) is 18.0 Å². The number of hydrogen-bond donors (Lipinski definition) is 1. The minimum Gasteiger partial charge on any atom is -0.391 e. The highest BCUT2D eigenvalue weighted by Gasteiger charge is 2.43. The number of aliphatic hydroxyl groups excluding tert-OH is 1. The van der Waals surface area contributed by atoms with Crippen LogP contribution in [0.5, 0.6) is 0 Å². The van der Waals surface area contributed by atoms with Gasteiger partial charge in [-0.15, -0.1) is 0 Å². The molecule has 26 heavy (non-hydrogen) atoms. The summed E-state index contributed by atoms with van der Waals surface area (Å²) in [6, 6.07) is 4.99. The van der Waals surface area contributed by atoms with Crippen molar-refractivity contribution in [3.8, 4) is 0 Å². The van der Waals surface area contributed by atoms with E-state index in [9.17, 15) is 9.50 Å². The Bertz CT molecular complexity index is 926. The minimum atomic E-state index is -0.385. The Morgan fingerprint density at radius 1 is 1.12 bits per heavy atom. The van der Waals surface area contributed by atoms with Crippen LogP contribution in [0.25, 0.3) is 10.9 Å². The second-order valence-corrected chi connectivity index (χ2v) is 7.37. The Labute approximate surface area is 150 Å². The highest BCUT2D eigenvalue weighted by Crippen LogP contribution is 2.43. The third-order valence-electron chi connectivity index (χ3n) is 5.91. The molecular formula is C19H20FN5O. The second-order valence-electron chi connectivity index (χ2n) is 7.37. The summed E-state index contributed by atoms with van der Waals surface area (Å²) in [4.78, 5) is 14.9. The first-order valence-corrected chi connectivity index (χ1v) is 9.00. The van der Waals surface area contributed by atoms with E-state index in [1.165, 1.54) is 12.4 Å². The molecule has 1 aromatic carbocycles. The van der Waals surface area contributed by atoms with Crippen molar-refractivity contribution in [2.45, 2.75) is 25.0 Å². The molecule has 3 heterocycles. The van der Waals surface area contributed by atoms with Gasteiger partial charge in [0.05, 0.1) is 29.4 Å². The molecule has 6 nitrogen and oxygen atoms in total. The summed E-state index contributed by atoms with van der Waals surface area (Å²) < 4.78 is 16.4. The summed E-state index contributed by atoms with van der Waals surface area (Å²) in [6.07, 6.45) is 8.18. The largest absolute Gasteiger partial charge is 0.391 e. The molecule has 0 spiro atoms. The van der Waals surface area contributed by atoms with E-state index < -0.39 is 0 Å². The number of aromatic nitrogens is 4. The van der Waals surface area contributed by atoms with Crippen LogP contribution in [0, 0.1) is 17.7 Å². The molecule has 1 aliphatic carbocycles. The van der Waals surface area contributed by atoms with Crippen molar-refractivity contribution in [3.05, 3.63) is 49.1 Å². The SMILES string of the molecule is O[C@@H]1C[C@H]2CN(c3ncnc4cccc(F)c34)C[C@H]2C[C@H]1n1ccnc1. The van der Waals surface area contributed by atoms with Gasteiger partial charge in [-0.25, -0.2) is 19.3 Å². The molecule has 4 atom stereocenters. The predicted octanol–water partition coefficient (Wildman–Crippen LogP) is 2.41. The zero-order valence-electron chi connectivity index (χ0n) is 14.2. The second kappa shape index (κ2) is 6.02. The number of hydrogen-bond acceptors (Lipinski definition) is 5. The van der Waals surface area contributed by atoms with Gasteiger partial charge in [-0.2, -0.15) is 0 Å². The van der Waals surface area contributed by atoms with Gasteiger partial charge in [0.15, 0.2) is 0 Å². The topological polar surface area (TPSA) is 67.1 Å². The molecule has 0 radical (unpaired) electrons. The summed E-state index contributed by atoms with van der Waals surface area (Å²) in [6.45, 7) is 1.61. The smallest absolute Gasteiger partial charge is 0.142 e. The fraction of sp³-hybridized carbons (Fsp3) is 0.421. The summed E-state index contributed by atoms with van der Waals surface area (Å²) >= 11 is 0. The number of anilines is 1. The molecule has 5 rings (SSSR count). The quantitative estimate of drug-likeness (QED) is 0.766. The standard InChI is InChI=1S/C19H20FN5O/c20-14-2-1-3-15-18(14)19(23-10-22-15)25-8-12-6-16(24-5-4-21-11-24)17(26)7-13(12)9-25/h1-5,10-13,16-17,26H,6-9H2/t12-,13+,16-,17-/m1/s1. The molecule has 1 saturated carbocycles. The zero-order valence-corrected chi connectivity index (χ0v) is 14.2. The van der Waals surface area contributed by atoms with Crippen LogP contribution in [0.3, 0.4) is 0 Å². The number of halogens is 1. The van der Waals surface area contributed by atoms with Crippen LogP contribution in [-0.2, 0) is 0 Å². The van der Waals surface area contributed by atoms with E-state index in [0.717, 1.165) is 25.9 Å². The lowest BCUT2D eigenvalue weighted by Crippen LogP contribution is -2.35. The van der Waals surface area contributed by atoms with Crippen molar-refractivity contribution in [1.29, 1.82) is 0 Å². The van der Waals surface area contributed by atoms with E-state index in [1.807, 2.05) is 16.8 Å². The summed E-state index contributed by atoms with van der Waals surface area (Å²) in [5.74, 6) is 1.21. The van der Waals surface area contributed by atoms with Gasteiger partial charge in [-0.1, -0.05) is 6.07 Å². The number of aliphatic hydroxyl groups is 1. The average Bonchev–Trinajstić information content (AvgIpc) is 3.30. The first-order chi connectivity index (χ1) is 12.7. The lowest BCUT2D eigenvalue weighted by Gasteiger charge is -2.35. The van der Waals surface area contributed by atoms with Crippen LogP contribution >= 0.6 is 0 Å². The highest BCUT2D eigenvalue weighted by atomic mass is 19.1. The van der Waals surface area contributed by atoms with Gasteiger partial charge < -0.3 is 14.6 Å².